The Bertz CT molecular complexity index is 17.1. The van der Waals surface area contributed by atoms with Crippen molar-refractivity contribution < 1.29 is 71.8 Å². The molecular weight excluding hydrogens is 192 g/mol. The first-order chi connectivity index (χ1) is 1.41. The van der Waals surface area contributed by atoms with E-state index in [1.807, 2.05) is 0 Å². The molecule has 0 aliphatic heterocycles. The summed E-state index contributed by atoms with van der Waals surface area (Å²) in [6, 6.07) is 0. The van der Waals surface area contributed by atoms with Crippen LogP contribution in [0.1, 0.15) is 0 Å². The number of nitrogens with zero attached hydrogens (tertiary/aromatic N) is 1. The maximum atomic E-state index is 8.00. The summed E-state index contributed by atoms with van der Waals surface area (Å²) in [5, 5.41) is 9.00. The molecule has 0 heterocycles. The number of hydrogen-bond acceptors (Lipinski definition) is 3. The third kappa shape index (κ3) is 27.0. The summed E-state index contributed by atoms with van der Waals surface area (Å²) >= 11 is 0. The summed E-state index contributed by atoms with van der Waals surface area (Å²) in [4.78, 5) is 8.00. The molecule has 0 aromatic rings. The van der Waals surface area contributed by atoms with Crippen LogP contribution < -0.4 is 51.4 Å². The zero-order chi connectivity index (χ0) is 2.71. The van der Waals surface area contributed by atoms with E-state index in [9.17, 15) is 0 Å². The minimum atomic E-state index is 0. The number of rotatable bonds is 0. The molecule has 0 aromatic heterocycles. The Morgan fingerprint density at radius 3 is 1.60 bits per heavy atom. The molecule has 0 saturated carbocycles. The van der Waals surface area contributed by atoms with E-state index in [1.54, 1.807) is 0 Å². The zero-order valence-electron chi connectivity index (χ0n) is 2.58. The molecule has 5 heteroatoms. The second-order valence-corrected chi connectivity index (χ2v) is 0.0745. The molecule has 0 unspecified atom stereocenters. The standard InChI is InChI=1S/K.HNO2.Pd/c;2-1-3;/h;(H,2,3);/q+1;;+2/p-1. The van der Waals surface area contributed by atoms with Gasteiger partial charge in [-0.2, -0.15) is 0 Å². The molecule has 0 radical (unpaired) electrons. The predicted octanol–water partition coefficient (Wildman–Crippen LogP) is -2.75. The van der Waals surface area contributed by atoms with E-state index < -0.39 is 0 Å². The first kappa shape index (κ1) is 15.9. The molecule has 3 nitrogen and oxygen atoms in total. The average Bonchev–Trinajstić information content (AvgIpc) is 0.918. The van der Waals surface area contributed by atoms with Crippen LogP contribution in [0.25, 0.3) is 0 Å². The predicted molar refractivity (Wildman–Crippen MR) is 9.16 cm³/mol. The minimum Gasteiger partial charge on any atom is -0.444 e. The monoisotopic (exact) mass is 191 g/mol. The largest absolute Gasteiger partial charge is 2.00 e. The Morgan fingerprint density at radius 2 is 1.60 bits per heavy atom. The molecule has 0 spiro atoms. The smallest absolute Gasteiger partial charge is 0.444 e. The first-order valence-electron chi connectivity index (χ1n) is 0.365. The molecule has 26 valence electrons. The van der Waals surface area contributed by atoms with Crippen LogP contribution in [0.2, 0.25) is 0 Å². The molecule has 0 aliphatic rings. The normalized spacial score (nSPS) is 2.40. The molecule has 0 N–H and O–H groups in total. The van der Waals surface area contributed by atoms with E-state index >= 15 is 0 Å². The van der Waals surface area contributed by atoms with Gasteiger partial charge in [0.25, 0.3) is 0 Å². The Balaban J connectivity index is -0.0000000200. The third-order valence-electron chi connectivity index (χ3n) is 0. The fourth-order valence-electron chi connectivity index (χ4n) is 0. The van der Waals surface area contributed by atoms with Crippen LogP contribution >= 0.6 is 0 Å². The van der Waals surface area contributed by atoms with Gasteiger partial charge in [-0.1, -0.05) is 0 Å². The van der Waals surface area contributed by atoms with Gasteiger partial charge in [0, 0.05) is 0 Å². The van der Waals surface area contributed by atoms with Crippen LogP contribution in [0.15, 0.2) is 5.34 Å². The first-order valence-corrected chi connectivity index (χ1v) is 0.365. The van der Waals surface area contributed by atoms with Crippen LogP contribution in [0.5, 0.6) is 0 Å². The van der Waals surface area contributed by atoms with Gasteiger partial charge in [0.2, 0.25) is 0 Å². The van der Waals surface area contributed by atoms with E-state index in [0.717, 1.165) is 5.34 Å². The van der Waals surface area contributed by atoms with Crippen molar-refractivity contribution in [1.82, 2.24) is 0 Å². The van der Waals surface area contributed by atoms with Gasteiger partial charge in [-0.3, -0.25) is 0 Å². The summed E-state index contributed by atoms with van der Waals surface area (Å²) in [5.74, 6) is 0. The molecule has 0 saturated heterocycles. The van der Waals surface area contributed by atoms with Gasteiger partial charge in [-0.05, 0) is 0 Å². The Kier molecular flexibility index (Phi) is 54.9. The van der Waals surface area contributed by atoms with E-state index in [1.165, 1.54) is 0 Å². The molecule has 0 bridgehead atoms. The van der Waals surface area contributed by atoms with Crippen LogP contribution in [-0.2, 0) is 20.4 Å². The van der Waals surface area contributed by atoms with Crippen molar-refractivity contribution in [2.45, 2.75) is 0 Å². The quantitative estimate of drug-likeness (QED) is 0.237. The van der Waals surface area contributed by atoms with Gasteiger partial charge >= 0.3 is 71.8 Å². The summed E-state index contributed by atoms with van der Waals surface area (Å²) in [5.41, 5.74) is 0. The maximum Gasteiger partial charge on any atom is 2.00 e. The fourth-order valence-corrected chi connectivity index (χ4v) is 0. The maximum absolute atomic E-state index is 8.00. The molecule has 0 aromatic carbocycles. The summed E-state index contributed by atoms with van der Waals surface area (Å²) in [6.07, 6.45) is 0. The van der Waals surface area contributed by atoms with Gasteiger partial charge in [-0.25, -0.2) is 0 Å². The second-order valence-electron chi connectivity index (χ2n) is 0.0745. The van der Waals surface area contributed by atoms with E-state index in [2.05, 4.69) is 0 Å². The van der Waals surface area contributed by atoms with Gasteiger partial charge in [0.1, 0.15) is 0 Å². The third-order valence-corrected chi connectivity index (χ3v) is 0. The van der Waals surface area contributed by atoms with E-state index in [4.69, 9.17) is 10.1 Å². The van der Waals surface area contributed by atoms with Gasteiger partial charge in [0.15, 0.2) is 0 Å². The van der Waals surface area contributed by atoms with Gasteiger partial charge < -0.3 is 10.1 Å². The number of hydrogen-bond donors (Lipinski definition) is 0. The van der Waals surface area contributed by atoms with Crippen molar-refractivity contribution in [2.24, 2.45) is 5.34 Å². The van der Waals surface area contributed by atoms with Crippen molar-refractivity contribution in [3.05, 3.63) is 10.1 Å². The average molecular weight is 192 g/mol. The van der Waals surface area contributed by atoms with Gasteiger partial charge in [-0.15, -0.1) is 5.34 Å². The molecular formula is KNO2Pd+2. The molecule has 0 fully saturated rings. The van der Waals surface area contributed by atoms with Crippen LogP contribution in [0.3, 0.4) is 0 Å². The molecule has 5 heavy (non-hydrogen) atoms. The fraction of sp³-hybridized carbons (Fsp3) is 0. The molecule has 0 amide bonds. The van der Waals surface area contributed by atoms with Crippen LogP contribution in [-0.4, -0.2) is 0 Å². The Hall–Kier alpha value is 1.70. The molecule has 0 rings (SSSR count). The van der Waals surface area contributed by atoms with Crippen molar-refractivity contribution in [1.29, 1.82) is 0 Å². The Morgan fingerprint density at radius 1 is 1.60 bits per heavy atom. The van der Waals surface area contributed by atoms with Crippen molar-refractivity contribution >= 4 is 0 Å². The van der Waals surface area contributed by atoms with Crippen molar-refractivity contribution in [2.75, 3.05) is 0 Å². The summed E-state index contributed by atoms with van der Waals surface area (Å²) in [7, 11) is 0. The molecule has 0 atom stereocenters. The van der Waals surface area contributed by atoms with Crippen LogP contribution in [0.4, 0.5) is 0 Å². The molecule has 0 aliphatic carbocycles. The van der Waals surface area contributed by atoms with Gasteiger partial charge in [0.05, 0.1) is 0 Å². The van der Waals surface area contributed by atoms with Crippen molar-refractivity contribution in [3.63, 3.8) is 0 Å². The van der Waals surface area contributed by atoms with E-state index in [-0.39, 0.29) is 71.8 Å². The minimum absolute atomic E-state index is 0. The van der Waals surface area contributed by atoms with E-state index in [0.29, 0.717) is 0 Å². The topological polar surface area (TPSA) is 52.5 Å². The summed E-state index contributed by atoms with van der Waals surface area (Å²) in [6.45, 7) is 0. The summed E-state index contributed by atoms with van der Waals surface area (Å²) < 4.78 is 0. The second kappa shape index (κ2) is 17.3. The SMILES string of the molecule is O=N[O-].[K+].[Pd+2]. The Labute approximate surface area is 85.5 Å². The van der Waals surface area contributed by atoms with Crippen molar-refractivity contribution in [3.8, 4) is 0 Å². The zero-order valence-corrected chi connectivity index (χ0v) is 7.26. The van der Waals surface area contributed by atoms with Crippen LogP contribution in [0, 0.1) is 10.1 Å².